The lowest BCUT2D eigenvalue weighted by Crippen LogP contribution is -2.30. The molecule has 0 saturated carbocycles. The molecule has 320 valence electrons. The van der Waals surface area contributed by atoms with E-state index in [2.05, 4.69) is 27.7 Å². The number of unbranched alkanes of at least 4 members (excludes halogenated alkanes) is 29. The lowest BCUT2D eigenvalue weighted by atomic mass is 9.99. The highest BCUT2D eigenvalue weighted by Gasteiger charge is 2.19. The molecular weight excluding hydrogens is 673 g/mol. The summed E-state index contributed by atoms with van der Waals surface area (Å²) < 4.78 is 16.7. The Labute approximate surface area is 336 Å². The van der Waals surface area contributed by atoms with Crippen molar-refractivity contribution in [3.05, 3.63) is 0 Å². The molecule has 0 radical (unpaired) electrons. The van der Waals surface area contributed by atoms with Gasteiger partial charge in [0.25, 0.3) is 0 Å². The minimum absolute atomic E-state index is 0.0636. The monoisotopic (exact) mass is 765 g/mol. The first-order valence-electron chi connectivity index (χ1n) is 23.9. The summed E-state index contributed by atoms with van der Waals surface area (Å²) in [4.78, 5) is 37.8. The first-order valence-corrected chi connectivity index (χ1v) is 23.9. The summed E-state index contributed by atoms with van der Waals surface area (Å²) in [6, 6.07) is 0. The SMILES string of the molecule is CCCCCCCCCCCCCCC(=O)OC[C@@H](COC(=O)CCCCCCCCCCC(C)CC)OC(=O)CCCCCCCCCCCCCC. The summed E-state index contributed by atoms with van der Waals surface area (Å²) in [5.41, 5.74) is 0. The lowest BCUT2D eigenvalue weighted by Gasteiger charge is -2.18. The Bertz CT molecular complexity index is 813. The third-order valence-corrected chi connectivity index (χ3v) is 11.2. The van der Waals surface area contributed by atoms with Crippen LogP contribution in [0.5, 0.6) is 0 Å². The molecule has 6 nitrogen and oxygen atoms in total. The fourth-order valence-corrected chi connectivity index (χ4v) is 7.12. The van der Waals surface area contributed by atoms with Crippen LogP contribution in [-0.4, -0.2) is 37.2 Å². The first kappa shape index (κ1) is 52.4. The Morgan fingerprint density at radius 1 is 0.370 bits per heavy atom. The third kappa shape index (κ3) is 40.1. The van der Waals surface area contributed by atoms with Crippen LogP contribution in [0.1, 0.15) is 265 Å². The maximum atomic E-state index is 12.7. The molecule has 0 bridgehead atoms. The highest BCUT2D eigenvalue weighted by molar-refractivity contribution is 5.71. The van der Waals surface area contributed by atoms with Gasteiger partial charge < -0.3 is 14.2 Å². The number of rotatable bonds is 43. The van der Waals surface area contributed by atoms with Crippen molar-refractivity contribution in [3.63, 3.8) is 0 Å². The van der Waals surface area contributed by atoms with Crippen LogP contribution in [0.3, 0.4) is 0 Å². The summed E-state index contributed by atoms with van der Waals surface area (Å²) in [7, 11) is 0. The van der Waals surface area contributed by atoms with Gasteiger partial charge in [0.2, 0.25) is 0 Å². The zero-order valence-electron chi connectivity index (χ0n) is 36.7. The predicted molar refractivity (Wildman–Crippen MR) is 229 cm³/mol. The minimum Gasteiger partial charge on any atom is -0.462 e. The van der Waals surface area contributed by atoms with Crippen molar-refractivity contribution in [1.82, 2.24) is 0 Å². The van der Waals surface area contributed by atoms with Crippen molar-refractivity contribution in [2.75, 3.05) is 13.2 Å². The Morgan fingerprint density at radius 3 is 0.963 bits per heavy atom. The second-order valence-electron chi connectivity index (χ2n) is 16.6. The molecule has 6 heteroatoms. The average molecular weight is 765 g/mol. The highest BCUT2D eigenvalue weighted by Crippen LogP contribution is 2.17. The Hall–Kier alpha value is -1.59. The maximum Gasteiger partial charge on any atom is 0.306 e. The van der Waals surface area contributed by atoms with Gasteiger partial charge in [-0.1, -0.05) is 227 Å². The van der Waals surface area contributed by atoms with Crippen LogP contribution in [0.4, 0.5) is 0 Å². The van der Waals surface area contributed by atoms with E-state index in [0.717, 1.165) is 63.7 Å². The number of esters is 3. The quantitative estimate of drug-likeness (QED) is 0.0349. The van der Waals surface area contributed by atoms with Crippen molar-refractivity contribution < 1.29 is 28.6 Å². The number of carbonyl (C=O) groups excluding carboxylic acids is 3. The molecule has 2 atom stereocenters. The maximum absolute atomic E-state index is 12.7. The van der Waals surface area contributed by atoms with E-state index in [1.165, 1.54) is 161 Å². The lowest BCUT2D eigenvalue weighted by molar-refractivity contribution is -0.167. The summed E-state index contributed by atoms with van der Waals surface area (Å²) >= 11 is 0. The van der Waals surface area contributed by atoms with Crippen LogP contribution in [0.15, 0.2) is 0 Å². The molecule has 0 aromatic carbocycles. The van der Waals surface area contributed by atoms with Crippen molar-refractivity contribution >= 4 is 17.9 Å². The fourth-order valence-electron chi connectivity index (χ4n) is 7.12. The van der Waals surface area contributed by atoms with E-state index in [-0.39, 0.29) is 31.1 Å². The van der Waals surface area contributed by atoms with E-state index in [0.29, 0.717) is 19.3 Å². The smallest absolute Gasteiger partial charge is 0.306 e. The van der Waals surface area contributed by atoms with Gasteiger partial charge in [-0.15, -0.1) is 0 Å². The molecule has 0 aliphatic carbocycles. The van der Waals surface area contributed by atoms with Gasteiger partial charge in [0.1, 0.15) is 13.2 Å². The average Bonchev–Trinajstić information content (AvgIpc) is 3.17. The highest BCUT2D eigenvalue weighted by atomic mass is 16.6. The standard InChI is InChI=1S/C48H92O6/c1-5-8-10-12-14-16-18-20-22-27-31-35-39-46(49)52-42-45(54-48(51)41-37-33-29-23-21-19-17-15-13-11-9-6-2)43-53-47(50)40-36-32-28-25-24-26-30-34-38-44(4)7-3/h44-45H,5-43H2,1-4H3/t44?,45-/m0/s1. The molecule has 0 aliphatic heterocycles. The summed E-state index contributed by atoms with van der Waals surface area (Å²) in [6.07, 6.45) is 42.2. The van der Waals surface area contributed by atoms with Crippen molar-refractivity contribution in [2.45, 2.75) is 271 Å². The van der Waals surface area contributed by atoms with E-state index < -0.39 is 6.10 Å². The topological polar surface area (TPSA) is 78.9 Å². The molecule has 54 heavy (non-hydrogen) atoms. The van der Waals surface area contributed by atoms with E-state index in [1.807, 2.05) is 0 Å². The van der Waals surface area contributed by atoms with Gasteiger partial charge in [-0.2, -0.15) is 0 Å². The van der Waals surface area contributed by atoms with Gasteiger partial charge in [0.15, 0.2) is 6.10 Å². The van der Waals surface area contributed by atoms with Crippen LogP contribution in [-0.2, 0) is 28.6 Å². The first-order chi connectivity index (χ1) is 26.4. The molecule has 0 heterocycles. The van der Waals surface area contributed by atoms with E-state index in [4.69, 9.17) is 14.2 Å². The molecule has 0 rings (SSSR count). The van der Waals surface area contributed by atoms with Gasteiger partial charge in [-0.05, 0) is 25.2 Å². The van der Waals surface area contributed by atoms with Crippen molar-refractivity contribution in [1.29, 1.82) is 0 Å². The van der Waals surface area contributed by atoms with Crippen LogP contribution in [0.25, 0.3) is 0 Å². The minimum atomic E-state index is -0.759. The van der Waals surface area contributed by atoms with Gasteiger partial charge in [-0.25, -0.2) is 0 Å². The van der Waals surface area contributed by atoms with E-state index in [9.17, 15) is 14.4 Å². The largest absolute Gasteiger partial charge is 0.462 e. The molecule has 0 aromatic rings. The van der Waals surface area contributed by atoms with Crippen molar-refractivity contribution in [3.8, 4) is 0 Å². The molecule has 1 unspecified atom stereocenters. The molecule has 0 N–H and O–H groups in total. The second kappa shape index (κ2) is 42.6. The molecule has 0 saturated heterocycles. The van der Waals surface area contributed by atoms with E-state index in [1.54, 1.807) is 0 Å². The molecule has 0 spiro atoms. The number of ether oxygens (including phenoxy) is 3. The predicted octanol–water partition coefficient (Wildman–Crippen LogP) is 15.1. The summed E-state index contributed by atoms with van der Waals surface area (Å²) in [6.45, 7) is 9.00. The van der Waals surface area contributed by atoms with E-state index >= 15 is 0 Å². The number of carbonyl (C=O) groups is 3. The molecular formula is C48H92O6. The fraction of sp³-hybridized carbons (Fsp3) is 0.938. The van der Waals surface area contributed by atoms with Gasteiger partial charge in [-0.3, -0.25) is 14.4 Å². The van der Waals surface area contributed by atoms with Gasteiger partial charge in [0.05, 0.1) is 0 Å². The summed E-state index contributed by atoms with van der Waals surface area (Å²) in [5, 5.41) is 0. The Morgan fingerprint density at radius 2 is 0.648 bits per heavy atom. The van der Waals surface area contributed by atoms with Crippen LogP contribution >= 0.6 is 0 Å². The normalized spacial score (nSPS) is 12.4. The second-order valence-corrected chi connectivity index (χ2v) is 16.6. The van der Waals surface area contributed by atoms with Crippen LogP contribution in [0.2, 0.25) is 0 Å². The molecule has 0 aliphatic rings. The molecule has 0 aromatic heterocycles. The Kier molecular flexibility index (Phi) is 41.3. The molecule has 0 fully saturated rings. The van der Waals surface area contributed by atoms with Gasteiger partial charge >= 0.3 is 17.9 Å². The zero-order valence-corrected chi connectivity index (χ0v) is 36.7. The number of hydrogen-bond acceptors (Lipinski definition) is 6. The number of hydrogen-bond donors (Lipinski definition) is 0. The zero-order chi connectivity index (χ0) is 39.6. The van der Waals surface area contributed by atoms with Crippen LogP contribution < -0.4 is 0 Å². The summed E-state index contributed by atoms with van der Waals surface area (Å²) in [5.74, 6) is -0.00379. The van der Waals surface area contributed by atoms with Crippen LogP contribution in [0, 0.1) is 5.92 Å². The third-order valence-electron chi connectivity index (χ3n) is 11.2. The van der Waals surface area contributed by atoms with Crippen molar-refractivity contribution in [2.24, 2.45) is 5.92 Å². The van der Waals surface area contributed by atoms with Gasteiger partial charge in [0, 0.05) is 19.3 Å². The molecule has 0 amide bonds. The Balaban J connectivity index is 4.34.